The molecule has 0 aliphatic carbocycles. The fraction of sp³-hybridized carbons (Fsp3) is 0.292. The zero-order valence-corrected chi connectivity index (χ0v) is 17.0. The number of fused-ring (bicyclic) bond motifs is 1. The van der Waals surface area contributed by atoms with Gasteiger partial charge < -0.3 is 15.0 Å². The van der Waals surface area contributed by atoms with Crippen molar-refractivity contribution in [2.75, 3.05) is 32.6 Å². The van der Waals surface area contributed by atoms with Crippen LogP contribution in [0.3, 0.4) is 0 Å². The molecule has 28 heavy (non-hydrogen) atoms. The van der Waals surface area contributed by atoms with Gasteiger partial charge in [-0.05, 0) is 55.9 Å². The molecular formula is C24H28N2O2. The molecule has 1 unspecified atom stereocenters. The summed E-state index contributed by atoms with van der Waals surface area (Å²) < 4.78 is 5.80. The third-order valence-electron chi connectivity index (χ3n) is 4.96. The van der Waals surface area contributed by atoms with Crippen LogP contribution in [0, 0.1) is 6.92 Å². The molecule has 4 heteroatoms. The molecule has 0 heterocycles. The van der Waals surface area contributed by atoms with Gasteiger partial charge >= 0.3 is 0 Å². The second kappa shape index (κ2) is 8.89. The van der Waals surface area contributed by atoms with Gasteiger partial charge in [0.25, 0.3) is 0 Å². The van der Waals surface area contributed by atoms with Crippen molar-refractivity contribution < 1.29 is 9.53 Å². The van der Waals surface area contributed by atoms with Crippen LogP contribution >= 0.6 is 0 Å². The molecule has 1 atom stereocenters. The van der Waals surface area contributed by atoms with Gasteiger partial charge in [0.15, 0.2) is 0 Å². The van der Waals surface area contributed by atoms with Gasteiger partial charge in [-0.2, -0.15) is 0 Å². The molecule has 3 aromatic carbocycles. The summed E-state index contributed by atoms with van der Waals surface area (Å²) in [5.41, 5.74) is 2.84. The molecule has 0 aliphatic heterocycles. The van der Waals surface area contributed by atoms with Crippen LogP contribution in [0.5, 0.6) is 5.75 Å². The van der Waals surface area contributed by atoms with Crippen molar-refractivity contribution in [3.05, 3.63) is 71.8 Å². The van der Waals surface area contributed by atoms with Gasteiger partial charge in [-0.25, -0.2) is 0 Å². The van der Waals surface area contributed by atoms with Crippen molar-refractivity contribution in [3.63, 3.8) is 0 Å². The third-order valence-corrected chi connectivity index (χ3v) is 4.96. The highest BCUT2D eigenvalue weighted by Crippen LogP contribution is 2.28. The van der Waals surface area contributed by atoms with Crippen LogP contribution in [0.4, 0.5) is 5.69 Å². The number of amides is 1. The van der Waals surface area contributed by atoms with E-state index >= 15 is 0 Å². The smallest absolute Gasteiger partial charge is 0.231 e. The molecule has 4 nitrogen and oxygen atoms in total. The van der Waals surface area contributed by atoms with Crippen LogP contribution in [-0.2, 0) is 4.79 Å². The maximum Gasteiger partial charge on any atom is 0.231 e. The molecule has 0 aromatic heterocycles. The predicted octanol–water partition coefficient (Wildman–Crippen LogP) is 4.83. The van der Waals surface area contributed by atoms with Crippen LogP contribution < -0.4 is 10.1 Å². The third kappa shape index (κ3) is 4.70. The highest BCUT2D eigenvalue weighted by atomic mass is 16.5. The summed E-state index contributed by atoms with van der Waals surface area (Å²) >= 11 is 0. The Morgan fingerprint density at radius 1 is 1.07 bits per heavy atom. The minimum atomic E-state index is -0.260. The Morgan fingerprint density at radius 2 is 1.82 bits per heavy atom. The summed E-state index contributed by atoms with van der Waals surface area (Å²) in [7, 11) is 4.03. The van der Waals surface area contributed by atoms with Crippen LogP contribution in [0.15, 0.2) is 60.7 Å². The first-order valence-corrected chi connectivity index (χ1v) is 9.62. The lowest BCUT2D eigenvalue weighted by atomic mass is 9.94. The summed E-state index contributed by atoms with van der Waals surface area (Å²) in [6.45, 7) is 5.38. The minimum Gasteiger partial charge on any atom is -0.492 e. The maximum absolute atomic E-state index is 13.0. The molecular weight excluding hydrogens is 348 g/mol. The normalized spacial score (nSPS) is 12.2. The van der Waals surface area contributed by atoms with E-state index in [-0.39, 0.29) is 11.8 Å². The standard InChI is InChI=1S/C24H28N2O2/c1-17-12-13-20(28-15-14-26(3)4)16-23(17)25-24(27)18(2)21-11-7-9-19-8-5-6-10-22(19)21/h5-13,16,18H,14-15H2,1-4H3,(H,25,27). The van der Waals surface area contributed by atoms with Gasteiger partial charge in [0, 0.05) is 18.3 Å². The second-order valence-electron chi connectivity index (χ2n) is 7.41. The molecule has 3 aromatic rings. The molecule has 0 fully saturated rings. The number of carbonyl (C=O) groups is 1. The lowest BCUT2D eigenvalue weighted by Gasteiger charge is -2.17. The number of nitrogens with zero attached hydrogens (tertiary/aromatic N) is 1. The van der Waals surface area contributed by atoms with Crippen LogP contribution in [0.1, 0.15) is 24.0 Å². The first kappa shape index (κ1) is 19.9. The number of benzene rings is 3. The van der Waals surface area contributed by atoms with Crippen molar-refractivity contribution in [1.82, 2.24) is 4.90 Å². The zero-order valence-electron chi connectivity index (χ0n) is 17.0. The average molecular weight is 377 g/mol. The van der Waals surface area contributed by atoms with Gasteiger partial charge in [-0.15, -0.1) is 0 Å². The van der Waals surface area contributed by atoms with E-state index in [4.69, 9.17) is 4.74 Å². The van der Waals surface area contributed by atoms with Crippen molar-refractivity contribution in [2.45, 2.75) is 19.8 Å². The lowest BCUT2D eigenvalue weighted by molar-refractivity contribution is -0.117. The number of carbonyl (C=O) groups excluding carboxylic acids is 1. The lowest BCUT2D eigenvalue weighted by Crippen LogP contribution is -2.20. The number of nitrogens with one attached hydrogen (secondary N) is 1. The Morgan fingerprint density at radius 3 is 2.61 bits per heavy atom. The summed E-state index contributed by atoms with van der Waals surface area (Å²) in [6, 6.07) is 20.1. The molecule has 1 N–H and O–H groups in total. The van der Waals surface area contributed by atoms with Crippen molar-refractivity contribution in [2.24, 2.45) is 0 Å². The van der Waals surface area contributed by atoms with E-state index in [1.807, 2.05) is 70.4 Å². The first-order chi connectivity index (χ1) is 13.5. The zero-order chi connectivity index (χ0) is 20.1. The van der Waals surface area contributed by atoms with Gasteiger partial charge in [-0.1, -0.05) is 48.5 Å². The summed E-state index contributed by atoms with van der Waals surface area (Å²) in [6.07, 6.45) is 0. The predicted molar refractivity (Wildman–Crippen MR) is 116 cm³/mol. The number of hydrogen-bond donors (Lipinski definition) is 1. The Hall–Kier alpha value is -2.85. The van der Waals surface area contributed by atoms with Crippen molar-refractivity contribution >= 4 is 22.4 Å². The number of rotatable bonds is 7. The van der Waals surface area contributed by atoms with Gasteiger partial charge in [0.1, 0.15) is 12.4 Å². The number of hydrogen-bond acceptors (Lipinski definition) is 3. The molecule has 0 spiro atoms. The number of anilines is 1. The van der Waals surface area contributed by atoms with Crippen LogP contribution in [0.25, 0.3) is 10.8 Å². The molecule has 0 saturated heterocycles. The highest BCUT2D eigenvalue weighted by Gasteiger charge is 2.18. The fourth-order valence-electron chi connectivity index (χ4n) is 3.18. The maximum atomic E-state index is 13.0. The monoisotopic (exact) mass is 376 g/mol. The number of likely N-dealkylation sites (N-methyl/N-ethyl adjacent to an activating group) is 1. The van der Waals surface area contributed by atoms with E-state index in [1.54, 1.807) is 0 Å². The van der Waals surface area contributed by atoms with E-state index in [9.17, 15) is 4.79 Å². The van der Waals surface area contributed by atoms with Crippen molar-refractivity contribution in [3.8, 4) is 5.75 Å². The average Bonchev–Trinajstić information content (AvgIpc) is 2.69. The second-order valence-corrected chi connectivity index (χ2v) is 7.41. The van der Waals surface area contributed by atoms with E-state index in [1.165, 1.54) is 0 Å². The molecule has 1 amide bonds. The van der Waals surface area contributed by atoms with Crippen LogP contribution in [-0.4, -0.2) is 38.1 Å². The topological polar surface area (TPSA) is 41.6 Å². The van der Waals surface area contributed by atoms with Crippen LogP contribution in [0.2, 0.25) is 0 Å². The van der Waals surface area contributed by atoms with Gasteiger partial charge in [0.05, 0.1) is 5.92 Å². The molecule has 146 valence electrons. The summed E-state index contributed by atoms with van der Waals surface area (Å²) in [5.74, 6) is 0.481. The van der Waals surface area contributed by atoms with E-state index in [0.717, 1.165) is 39.9 Å². The minimum absolute atomic E-state index is 0.0232. The summed E-state index contributed by atoms with van der Waals surface area (Å²) in [4.78, 5) is 15.0. The molecule has 0 radical (unpaired) electrons. The SMILES string of the molecule is Cc1ccc(OCCN(C)C)cc1NC(=O)C(C)c1cccc2ccccc12. The molecule has 0 bridgehead atoms. The fourth-order valence-corrected chi connectivity index (χ4v) is 3.18. The highest BCUT2D eigenvalue weighted by molar-refractivity contribution is 5.99. The number of aryl methyl sites for hydroxylation is 1. The van der Waals surface area contributed by atoms with E-state index in [2.05, 4.69) is 28.4 Å². The Bertz CT molecular complexity index is 960. The Kier molecular flexibility index (Phi) is 6.32. The molecule has 3 rings (SSSR count). The Balaban J connectivity index is 1.76. The van der Waals surface area contributed by atoms with E-state index < -0.39 is 0 Å². The van der Waals surface area contributed by atoms with Crippen molar-refractivity contribution in [1.29, 1.82) is 0 Å². The Labute approximate surface area is 167 Å². The molecule has 0 saturated carbocycles. The van der Waals surface area contributed by atoms with E-state index in [0.29, 0.717) is 6.61 Å². The summed E-state index contributed by atoms with van der Waals surface area (Å²) in [5, 5.41) is 5.34. The largest absolute Gasteiger partial charge is 0.492 e. The van der Waals surface area contributed by atoms with Gasteiger partial charge in [0.2, 0.25) is 5.91 Å². The first-order valence-electron chi connectivity index (χ1n) is 9.62. The molecule has 0 aliphatic rings. The quantitative estimate of drug-likeness (QED) is 0.642. The number of ether oxygens (including phenoxy) is 1. The van der Waals surface area contributed by atoms with Gasteiger partial charge in [-0.3, -0.25) is 4.79 Å².